The highest BCUT2D eigenvalue weighted by Crippen LogP contribution is 2.27. The summed E-state index contributed by atoms with van der Waals surface area (Å²) in [5.74, 6) is -0.654. The van der Waals surface area contributed by atoms with Gasteiger partial charge in [-0.05, 0) is 37.6 Å². The van der Waals surface area contributed by atoms with E-state index in [1.807, 2.05) is 25.1 Å². The fourth-order valence-corrected chi connectivity index (χ4v) is 4.83. The maximum atomic E-state index is 12.6. The number of nitrogens with one attached hydrogen (secondary N) is 3. The third-order valence-corrected chi connectivity index (χ3v) is 6.72. The smallest absolute Gasteiger partial charge is 0.281 e. The van der Waals surface area contributed by atoms with Crippen LogP contribution in [0.25, 0.3) is 10.9 Å². The van der Waals surface area contributed by atoms with E-state index in [1.54, 1.807) is 6.92 Å². The molecule has 0 radical (unpaired) electrons. The van der Waals surface area contributed by atoms with Gasteiger partial charge in [0.15, 0.2) is 5.13 Å². The standard InChI is InChI=1S/C20H22BrN5O3S/c1-11-14(15-9-13(21)3-4-16(15)22-11)10-17(27)24-25-19(28)18-12(2)23-20(30-18)26-5-7-29-8-6-26/h3-4,9,22H,5-8,10H2,1-2H3,(H,24,27)(H,25,28). The number of nitrogens with zero attached hydrogens (tertiary/aromatic N) is 2. The number of hydrogen-bond donors (Lipinski definition) is 3. The number of anilines is 1. The quantitative estimate of drug-likeness (QED) is 0.487. The first kappa shape index (κ1) is 20.8. The molecule has 1 saturated heterocycles. The minimum absolute atomic E-state index is 0.156. The molecule has 3 N–H and O–H groups in total. The minimum atomic E-state index is -0.365. The molecule has 4 rings (SSSR count). The van der Waals surface area contributed by atoms with E-state index in [0.717, 1.165) is 44.9 Å². The number of aromatic nitrogens is 2. The molecule has 30 heavy (non-hydrogen) atoms. The Morgan fingerprint density at radius 2 is 2.03 bits per heavy atom. The van der Waals surface area contributed by atoms with Crippen LogP contribution < -0.4 is 15.8 Å². The first-order chi connectivity index (χ1) is 14.4. The van der Waals surface area contributed by atoms with Crippen molar-refractivity contribution in [1.82, 2.24) is 20.8 Å². The number of benzene rings is 1. The predicted octanol–water partition coefficient (Wildman–Crippen LogP) is 2.84. The SMILES string of the molecule is Cc1nc(N2CCOCC2)sc1C(=O)NNC(=O)Cc1c(C)[nH]c2ccc(Br)cc12. The number of carbonyl (C=O) groups is 2. The van der Waals surface area contributed by atoms with E-state index in [0.29, 0.717) is 23.8 Å². The van der Waals surface area contributed by atoms with Gasteiger partial charge in [0.2, 0.25) is 5.91 Å². The van der Waals surface area contributed by atoms with Crippen molar-refractivity contribution < 1.29 is 14.3 Å². The Kier molecular flexibility index (Phi) is 6.07. The summed E-state index contributed by atoms with van der Waals surface area (Å²) < 4.78 is 6.30. The van der Waals surface area contributed by atoms with Crippen LogP contribution in [0, 0.1) is 13.8 Å². The number of morpholine rings is 1. The number of rotatable bonds is 4. The molecule has 1 aromatic carbocycles. The van der Waals surface area contributed by atoms with Gasteiger partial charge in [0.25, 0.3) is 5.91 Å². The number of thiazole rings is 1. The Bertz CT molecular complexity index is 1100. The second-order valence-electron chi connectivity index (χ2n) is 7.11. The molecular formula is C20H22BrN5O3S. The summed E-state index contributed by atoms with van der Waals surface area (Å²) in [4.78, 5) is 35.4. The molecule has 2 aromatic heterocycles. The lowest BCUT2D eigenvalue weighted by atomic mass is 10.1. The first-order valence-electron chi connectivity index (χ1n) is 9.58. The van der Waals surface area contributed by atoms with Crippen molar-refractivity contribution in [3.05, 3.63) is 44.5 Å². The van der Waals surface area contributed by atoms with Crippen molar-refractivity contribution in [3.8, 4) is 0 Å². The first-order valence-corrected chi connectivity index (χ1v) is 11.2. The molecule has 0 saturated carbocycles. The topological polar surface area (TPSA) is 99.3 Å². The van der Waals surface area contributed by atoms with Crippen molar-refractivity contribution in [3.63, 3.8) is 0 Å². The summed E-state index contributed by atoms with van der Waals surface area (Å²) in [7, 11) is 0. The summed E-state index contributed by atoms with van der Waals surface area (Å²) in [5, 5.41) is 1.78. The van der Waals surface area contributed by atoms with E-state index in [9.17, 15) is 9.59 Å². The van der Waals surface area contributed by atoms with Gasteiger partial charge in [-0.15, -0.1) is 0 Å². The highest BCUT2D eigenvalue weighted by molar-refractivity contribution is 9.10. The largest absolute Gasteiger partial charge is 0.378 e. The lowest BCUT2D eigenvalue weighted by molar-refractivity contribution is -0.121. The van der Waals surface area contributed by atoms with Crippen molar-refractivity contribution in [2.24, 2.45) is 0 Å². The summed E-state index contributed by atoms with van der Waals surface area (Å²) in [6.45, 7) is 6.54. The van der Waals surface area contributed by atoms with E-state index >= 15 is 0 Å². The molecule has 0 aliphatic carbocycles. The monoisotopic (exact) mass is 491 g/mol. The number of ether oxygens (including phenoxy) is 1. The van der Waals surface area contributed by atoms with Gasteiger partial charge in [0, 0.05) is 34.2 Å². The lowest BCUT2D eigenvalue weighted by Gasteiger charge is -2.25. The second-order valence-corrected chi connectivity index (χ2v) is 9.00. The van der Waals surface area contributed by atoms with Gasteiger partial charge in [-0.3, -0.25) is 20.4 Å². The van der Waals surface area contributed by atoms with E-state index in [2.05, 4.69) is 41.6 Å². The number of carbonyl (C=O) groups excluding carboxylic acids is 2. The van der Waals surface area contributed by atoms with Crippen LogP contribution in [0.4, 0.5) is 5.13 Å². The molecule has 1 aliphatic heterocycles. The van der Waals surface area contributed by atoms with Gasteiger partial charge in [-0.25, -0.2) is 4.98 Å². The average Bonchev–Trinajstić information content (AvgIpc) is 3.27. The number of fused-ring (bicyclic) bond motifs is 1. The van der Waals surface area contributed by atoms with E-state index in [-0.39, 0.29) is 18.2 Å². The van der Waals surface area contributed by atoms with Gasteiger partial charge in [0.1, 0.15) is 4.88 Å². The Balaban J connectivity index is 1.40. The molecule has 0 bridgehead atoms. The maximum Gasteiger partial charge on any atom is 0.281 e. The van der Waals surface area contributed by atoms with Crippen LogP contribution >= 0.6 is 27.3 Å². The van der Waals surface area contributed by atoms with Crippen molar-refractivity contribution in [2.45, 2.75) is 20.3 Å². The fraction of sp³-hybridized carbons (Fsp3) is 0.350. The Morgan fingerprint density at radius 1 is 1.27 bits per heavy atom. The van der Waals surface area contributed by atoms with Gasteiger partial charge >= 0.3 is 0 Å². The van der Waals surface area contributed by atoms with Crippen molar-refractivity contribution in [2.75, 3.05) is 31.2 Å². The van der Waals surface area contributed by atoms with Gasteiger partial charge in [-0.1, -0.05) is 27.3 Å². The average molecular weight is 492 g/mol. The van der Waals surface area contributed by atoms with Crippen LogP contribution in [0.1, 0.15) is 26.6 Å². The number of halogens is 1. The molecule has 10 heteroatoms. The lowest BCUT2D eigenvalue weighted by Crippen LogP contribution is -2.42. The Hall–Kier alpha value is -2.43. The number of amides is 2. The summed E-state index contributed by atoms with van der Waals surface area (Å²) in [6.07, 6.45) is 0.156. The van der Waals surface area contributed by atoms with Crippen LogP contribution in [0.15, 0.2) is 22.7 Å². The molecule has 0 spiro atoms. The van der Waals surface area contributed by atoms with Crippen LogP contribution in [-0.4, -0.2) is 48.1 Å². The zero-order chi connectivity index (χ0) is 21.3. The molecule has 1 fully saturated rings. The van der Waals surface area contributed by atoms with Gasteiger partial charge < -0.3 is 14.6 Å². The third kappa shape index (κ3) is 4.35. The second kappa shape index (κ2) is 8.75. The summed E-state index contributed by atoms with van der Waals surface area (Å²) >= 11 is 4.79. The minimum Gasteiger partial charge on any atom is -0.378 e. The number of hydrazine groups is 1. The molecule has 158 valence electrons. The zero-order valence-corrected chi connectivity index (χ0v) is 19.1. The molecule has 8 nitrogen and oxygen atoms in total. The fourth-order valence-electron chi connectivity index (χ4n) is 3.45. The van der Waals surface area contributed by atoms with E-state index < -0.39 is 0 Å². The molecule has 3 heterocycles. The van der Waals surface area contributed by atoms with Gasteiger partial charge in [-0.2, -0.15) is 0 Å². The zero-order valence-electron chi connectivity index (χ0n) is 16.7. The number of H-pyrrole nitrogens is 1. The predicted molar refractivity (Wildman–Crippen MR) is 120 cm³/mol. The molecule has 2 amide bonds. The van der Waals surface area contributed by atoms with Crippen LogP contribution in [0.3, 0.4) is 0 Å². The van der Waals surface area contributed by atoms with Crippen LogP contribution in [0.5, 0.6) is 0 Å². The molecular weight excluding hydrogens is 470 g/mol. The van der Waals surface area contributed by atoms with Crippen molar-refractivity contribution in [1.29, 1.82) is 0 Å². The Labute approximate surface area is 186 Å². The normalized spacial score (nSPS) is 14.2. The highest BCUT2D eigenvalue weighted by Gasteiger charge is 2.21. The van der Waals surface area contributed by atoms with Crippen LogP contribution in [-0.2, 0) is 16.0 Å². The molecule has 0 unspecified atom stereocenters. The van der Waals surface area contributed by atoms with Gasteiger partial charge in [0.05, 0.1) is 25.3 Å². The molecule has 1 aliphatic rings. The number of aromatic amines is 1. The van der Waals surface area contributed by atoms with E-state index in [4.69, 9.17) is 4.74 Å². The van der Waals surface area contributed by atoms with Crippen molar-refractivity contribution >= 4 is 55.1 Å². The summed E-state index contributed by atoms with van der Waals surface area (Å²) in [6, 6.07) is 5.90. The van der Waals surface area contributed by atoms with E-state index in [1.165, 1.54) is 11.3 Å². The highest BCUT2D eigenvalue weighted by atomic mass is 79.9. The Morgan fingerprint density at radius 3 is 2.80 bits per heavy atom. The molecule has 3 aromatic rings. The number of hydrogen-bond acceptors (Lipinski definition) is 6. The third-order valence-electron chi connectivity index (χ3n) is 5.01. The summed E-state index contributed by atoms with van der Waals surface area (Å²) in [5.41, 5.74) is 8.49. The maximum absolute atomic E-state index is 12.6. The van der Waals surface area contributed by atoms with Crippen LogP contribution in [0.2, 0.25) is 0 Å². The molecule has 0 atom stereocenters. The number of aryl methyl sites for hydroxylation is 2.